The maximum atomic E-state index is 11.0. The molecule has 5 N–H and O–H groups in total. The fraction of sp³-hybridized carbons (Fsp3) is 0.600. The number of carbonyl (C=O) groups is 2. The van der Waals surface area contributed by atoms with E-state index in [4.69, 9.17) is 10.8 Å². The number of urea groups is 1. The van der Waals surface area contributed by atoms with Crippen molar-refractivity contribution in [3.05, 3.63) is 12.7 Å². The number of aliphatic carboxylic acids is 1. The lowest BCUT2D eigenvalue weighted by atomic mass is 10.1. The van der Waals surface area contributed by atoms with E-state index in [-0.39, 0.29) is 6.03 Å². The van der Waals surface area contributed by atoms with Crippen LogP contribution in [-0.2, 0) is 4.79 Å². The molecule has 0 radical (unpaired) electrons. The highest BCUT2D eigenvalue weighted by atomic mass is 16.4. The van der Waals surface area contributed by atoms with Gasteiger partial charge in [-0.25, -0.2) is 4.79 Å². The van der Waals surface area contributed by atoms with Crippen LogP contribution in [0.3, 0.4) is 0 Å². The van der Waals surface area contributed by atoms with Crippen molar-refractivity contribution in [2.75, 3.05) is 13.1 Å². The lowest BCUT2D eigenvalue weighted by molar-refractivity contribution is -0.138. The van der Waals surface area contributed by atoms with Gasteiger partial charge in [-0.3, -0.25) is 4.79 Å². The van der Waals surface area contributed by atoms with Crippen molar-refractivity contribution in [2.24, 2.45) is 5.73 Å². The smallest absolute Gasteiger partial charge is 0.320 e. The Morgan fingerprint density at radius 1 is 1.38 bits per heavy atom. The molecule has 0 spiro atoms. The first-order valence-electron chi connectivity index (χ1n) is 5.19. The van der Waals surface area contributed by atoms with E-state index in [9.17, 15) is 9.59 Å². The monoisotopic (exact) mass is 229 g/mol. The minimum absolute atomic E-state index is 0.248. The van der Waals surface area contributed by atoms with Gasteiger partial charge in [0.2, 0.25) is 0 Å². The number of carboxylic acid groups (broad SMARTS) is 1. The molecular weight excluding hydrogens is 210 g/mol. The van der Waals surface area contributed by atoms with Gasteiger partial charge in [0.25, 0.3) is 0 Å². The third kappa shape index (κ3) is 7.81. The molecule has 1 unspecified atom stereocenters. The molecule has 0 saturated heterocycles. The highest BCUT2D eigenvalue weighted by molar-refractivity contribution is 5.74. The van der Waals surface area contributed by atoms with Crippen LogP contribution in [-0.4, -0.2) is 36.2 Å². The van der Waals surface area contributed by atoms with Crippen molar-refractivity contribution in [1.82, 2.24) is 10.6 Å². The summed E-state index contributed by atoms with van der Waals surface area (Å²) in [7, 11) is 0. The van der Waals surface area contributed by atoms with E-state index in [2.05, 4.69) is 17.2 Å². The number of amides is 2. The minimum Gasteiger partial charge on any atom is -0.480 e. The quantitative estimate of drug-likeness (QED) is 0.349. The maximum Gasteiger partial charge on any atom is 0.320 e. The first-order chi connectivity index (χ1) is 7.57. The lowest BCUT2D eigenvalue weighted by Gasteiger charge is -2.07. The molecule has 0 bridgehead atoms. The molecule has 1 atom stereocenters. The van der Waals surface area contributed by atoms with Crippen molar-refractivity contribution in [2.45, 2.75) is 25.3 Å². The summed E-state index contributed by atoms with van der Waals surface area (Å²) in [5.41, 5.74) is 5.31. The molecule has 16 heavy (non-hydrogen) atoms. The standard InChI is InChI=1S/C10H19N3O3/c1-2-6-12-10(16)13-7-4-3-5-8(11)9(14)15/h2,8H,1,3-7,11H2,(H,14,15)(H2,12,13,16). The summed E-state index contributed by atoms with van der Waals surface area (Å²) in [4.78, 5) is 21.4. The molecule has 0 aliphatic carbocycles. The van der Waals surface area contributed by atoms with Gasteiger partial charge in [-0.1, -0.05) is 6.08 Å². The predicted octanol–water partition coefficient (Wildman–Crippen LogP) is 0.0538. The second-order valence-corrected chi connectivity index (χ2v) is 3.37. The zero-order valence-corrected chi connectivity index (χ0v) is 9.24. The van der Waals surface area contributed by atoms with Crippen LogP contribution in [0.5, 0.6) is 0 Å². The molecule has 2 amide bonds. The molecular formula is C10H19N3O3. The van der Waals surface area contributed by atoms with Crippen LogP contribution in [0.1, 0.15) is 19.3 Å². The van der Waals surface area contributed by atoms with Gasteiger partial charge < -0.3 is 21.5 Å². The fourth-order valence-corrected chi connectivity index (χ4v) is 1.04. The minimum atomic E-state index is -0.989. The number of hydrogen-bond acceptors (Lipinski definition) is 3. The first-order valence-corrected chi connectivity index (χ1v) is 5.19. The van der Waals surface area contributed by atoms with Crippen LogP contribution in [0.15, 0.2) is 12.7 Å². The average Bonchev–Trinajstić information content (AvgIpc) is 2.25. The maximum absolute atomic E-state index is 11.0. The van der Waals surface area contributed by atoms with E-state index in [0.29, 0.717) is 32.4 Å². The normalized spacial score (nSPS) is 11.6. The molecule has 0 aliphatic rings. The summed E-state index contributed by atoms with van der Waals surface area (Å²) in [6, 6.07) is -1.06. The summed E-state index contributed by atoms with van der Waals surface area (Å²) >= 11 is 0. The number of hydrogen-bond donors (Lipinski definition) is 4. The van der Waals surface area contributed by atoms with Crippen LogP contribution in [0, 0.1) is 0 Å². The van der Waals surface area contributed by atoms with Crippen molar-refractivity contribution in [3.63, 3.8) is 0 Å². The van der Waals surface area contributed by atoms with Gasteiger partial charge in [0, 0.05) is 13.1 Å². The molecule has 0 heterocycles. The summed E-state index contributed by atoms with van der Waals surface area (Å²) in [6.07, 6.45) is 3.40. The van der Waals surface area contributed by atoms with E-state index in [0.717, 1.165) is 0 Å². The lowest BCUT2D eigenvalue weighted by Crippen LogP contribution is -2.36. The van der Waals surface area contributed by atoms with Crippen molar-refractivity contribution in [3.8, 4) is 0 Å². The fourth-order valence-electron chi connectivity index (χ4n) is 1.04. The van der Waals surface area contributed by atoms with Crippen LogP contribution in [0.4, 0.5) is 4.79 Å². The zero-order valence-electron chi connectivity index (χ0n) is 9.24. The molecule has 0 fully saturated rings. The Morgan fingerprint density at radius 2 is 2.06 bits per heavy atom. The summed E-state index contributed by atoms with van der Waals surface area (Å²) in [5.74, 6) is -0.989. The number of carbonyl (C=O) groups excluding carboxylic acids is 1. The van der Waals surface area contributed by atoms with Gasteiger partial charge in [-0.2, -0.15) is 0 Å². The Kier molecular flexibility index (Phi) is 7.87. The van der Waals surface area contributed by atoms with Crippen LogP contribution in [0.2, 0.25) is 0 Å². The van der Waals surface area contributed by atoms with Gasteiger partial charge in [0.1, 0.15) is 6.04 Å². The molecule has 0 rings (SSSR count). The third-order valence-electron chi connectivity index (χ3n) is 1.95. The molecule has 0 aromatic heterocycles. The van der Waals surface area contributed by atoms with Gasteiger partial charge >= 0.3 is 12.0 Å². The molecule has 0 aromatic rings. The van der Waals surface area contributed by atoms with Crippen LogP contribution in [0.25, 0.3) is 0 Å². The predicted molar refractivity (Wildman–Crippen MR) is 61.1 cm³/mol. The van der Waals surface area contributed by atoms with Crippen LogP contribution >= 0.6 is 0 Å². The molecule has 0 saturated carbocycles. The van der Waals surface area contributed by atoms with Crippen molar-refractivity contribution < 1.29 is 14.7 Å². The number of unbranched alkanes of at least 4 members (excludes halogenated alkanes) is 1. The van der Waals surface area contributed by atoms with Crippen molar-refractivity contribution in [1.29, 1.82) is 0 Å². The van der Waals surface area contributed by atoms with E-state index in [1.165, 1.54) is 0 Å². The summed E-state index contributed by atoms with van der Waals surface area (Å²) < 4.78 is 0. The Hall–Kier alpha value is -1.56. The van der Waals surface area contributed by atoms with E-state index < -0.39 is 12.0 Å². The van der Waals surface area contributed by atoms with E-state index in [1.54, 1.807) is 6.08 Å². The molecule has 92 valence electrons. The Morgan fingerprint density at radius 3 is 2.62 bits per heavy atom. The van der Waals surface area contributed by atoms with Gasteiger partial charge in [-0.15, -0.1) is 6.58 Å². The molecule has 6 heteroatoms. The number of nitrogens with two attached hydrogens (primary N) is 1. The number of rotatable bonds is 8. The van der Waals surface area contributed by atoms with Crippen molar-refractivity contribution >= 4 is 12.0 Å². The third-order valence-corrected chi connectivity index (χ3v) is 1.95. The van der Waals surface area contributed by atoms with E-state index >= 15 is 0 Å². The molecule has 6 nitrogen and oxygen atoms in total. The SMILES string of the molecule is C=CCNC(=O)NCCCCC(N)C(=O)O. The van der Waals surface area contributed by atoms with E-state index in [1.807, 2.05) is 0 Å². The Bertz CT molecular complexity index is 243. The Labute approximate surface area is 94.9 Å². The summed E-state index contributed by atoms with van der Waals surface area (Å²) in [5, 5.41) is 13.7. The topological polar surface area (TPSA) is 104 Å². The molecule has 0 aromatic carbocycles. The molecule has 0 aliphatic heterocycles. The first kappa shape index (κ1) is 14.4. The van der Waals surface area contributed by atoms with Gasteiger partial charge in [0.15, 0.2) is 0 Å². The Balaban J connectivity index is 3.36. The summed E-state index contributed by atoms with van der Waals surface area (Å²) in [6.45, 7) is 4.40. The average molecular weight is 229 g/mol. The van der Waals surface area contributed by atoms with Gasteiger partial charge in [-0.05, 0) is 19.3 Å². The second-order valence-electron chi connectivity index (χ2n) is 3.37. The van der Waals surface area contributed by atoms with Crippen LogP contribution < -0.4 is 16.4 Å². The highest BCUT2D eigenvalue weighted by Crippen LogP contribution is 1.97. The zero-order chi connectivity index (χ0) is 12.4. The largest absolute Gasteiger partial charge is 0.480 e. The second kappa shape index (κ2) is 8.72. The number of carboxylic acids is 1. The van der Waals surface area contributed by atoms with Gasteiger partial charge in [0.05, 0.1) is 0 Å². The highest BCUT2D eigenvalue weighted by Gasteiger charge is 2.09. The number of nitrogens with one attached hydrogen (secondary N) is 2.